The molecule has 0 radical (unpaired) electrons. The lowest BCUT2D eigenvalue weighted by Crippen LogP contribution is -2.47. The van der Waals surface area contributed by atoms with Gasteiger partial charge in [0.1, 0.15) is 0 Å². The highest BCUT2D eigenvalue weighted by Gasteiger charge is 2.17. The molecular formula is C17H27N3. The molecule has 1 aliphatic rings. The van der Waals surface area contributed by atoms with E-state index in [1.165, 1.54) is 16.8 Å². The fraction of sp³-hybridized carbons (Fsp3) is 0.529. The van der Waals surface area contributed by atoms with Crippen molar-refractivity contribution in [3.8, 4) is 0 Å². The van der Waals surface area contributed by atoms with Crippen LogP contribution in [0.15, 0.2) is 36.4 Å². The summed E-state index contributed by atoms with van der Waals surface area (Å²) in [5.41, 5.74) is 3.98. The van der Waals surface area contributed by atoms with Crippen LogP contribution in [-0.2, 0) is 0 Å². The van der Waals surface area contributed by atoms with Gasteiger partial charge in [0.2, 0.25) is 0 Å². The first-order chi connectivity index (χ1) is 9.69. The fourth-order valence-corrected chi connectivity index (χ4v) is 2.66. The van der Waals surface area contributed by atoms with Gasteiger partial charge < -0.3 is 10.2 Å². The zero-order chi connectivity index (χ0) is 14.4. The molecule has 0 aromatic heterocycles. The summed E-state index contributed by atoms with van der Waals surface area (Å²) in [4.78, 5) is 4.99. The van der Waals surface area contributed by atoms with E-state index in [0.717, 1.165) is 45.8 Å². The highest BCUT2D eigenvalue weighted by Crippen LogP contribution is 2.17. The Morgan fingerprint density at radius 2 is 2.00 bits per heavy atom. The van der Waals surface area contributed by atoms with Crippen molar-refractivity contribution < 1.29 is 0 Å². The quantitative estimate of drug-likeness (QED) is 0.802. The van der Waals surface area contributed by atoms with Crippen LogP contribution in [-0.4, -0.2) is 50.7 Å². The molecule has 3 heteroatoms. The number of piperazine rings is 1. The zero-order valence-electron chi connectivity index (χ0n) is 12.9. The van der Waals surface area contributed by atoms with Gasteiger partial charge in [0, 0.05) is 45.0 Å². The molecule has 0 bridgehead atoms. The highest BCUT2D eigenvalue weighted by molar-refractivity contribution is 5.48. The van der Waals surface area contributed by atoms with E-state index in [9.17, 15) is 0 Å². The maximum atomic E-state index is 4.16. The fourth-order valence-electron chi connectivity index (χ4n) is 2.66. The topological polar surface area (TPSA) is 18.5 Å². The van der Waals surface area contributed by atoms with Crippen LogP contribution in [0.4, 0.5) is 5.69 Å². The largest absolute Gasteiger partial charge is 0.369 e. The second kappa shape index (κ2) is 7.46. The third-order valence-corrected chi connectivity index (χ3v) is 3.81. The minimum absolute atomic E-state index is 0.939. The number of aryl methyl sites for hydroxylation is 1. The van der Waals surface area contributed by atoms with E-state index in [2.05, 4.69) is 59.8 Å². The van der Waals surface area contributed by atoms with E-state index >= 15 is 0 Å². The Hall–Kier alpha value is -1.32. The molecule has 2 rings (SSSR count). The van der Waals surface area contributed by atoms with E-state index in [4.69, 9.17) is 0 Å². The normalized spacial score (nSPS) is 16.4. The number of nitrogens with one attached hydrogen (secondary N) is 1. The number of hydrogen-bond acceptors (Lipinski definition) is 3. The molecule has 3 nitrogen and oxygen atoms in total. The molecule has 0 saturated carbocycles. The Bertz CT molecular complexity index is 434. The number of nitrogens with zero attached hydrogens (tertiary/aromatic N) is 2. The molecule has 1 saturated heterocycles. The molecule has 1 N–H and O–H groups in total. The molecule has 110 valence electrons. The van der Waals surface area contributed by atoms with Crippen LogP contribution < -0.4 is 10.2 Å². The minimum atomic E-state index is 0.939. The van der Waals surface area contributed by atoms with Crippen LogP contribution in [0.25, 0.3) is 0 Å². The van der Waals surface area contributed by atoms with Crippen LogP contribution >= 0.6 is 0 Å². The predicted octanol–water partition coefficient (Wildman–Crippen LogP) is 2.28. The number of benzene rings is 1. The van der Waals surface area contributed by atoms with Crippen molar-refractivity contribution >= 4 is 5.69 Å². The number of hydrogen-bond donors (Lipinski definition) is 1. The van der Waals surface area contributed by atoms with Crippen molar-refractivity contribution in [1.29, 1.82) is 0 Å². The average molecular weight is 273 g/mol. The predicted molar refractivity (Wildman–Crippen MR) is 87.5 cm³/mol. The van der Waals surface area contributed by atoms with Gasteiger partial charge in [-0.25, -0.2) is 0 Å². The van der Waals surface area contributed by atoms with Gasteiger partial charge in [-0.2, -0.15) is 0 Å². The summed E-state index contributed by atoms with van der Waals surface area (Å²) in [5, 5.41) is 3.34. The summed E-state index contributed by atoms with van der Waals surface area (Å²) in [6.07, 6.45) is 0. The van der Waals surface area contributed by atoms with E-state index in [1.54, 1.807) is 0 Å². The minimum Gasteiger partial charge on any atom is -0.369 e. The smallest absolute Gasteiger partial charge is 0.0369 e. The van der Waals surface area contributed by atoms with Crippen LogP contribution in [0.5, 0.6) is 0 Å². The van der Waals surface area contributed by atoms with Crippen molar-refractivity contribution in [2.75, 3.05) is 50.7 Å². The number of anilines is 1. The van der Waals surface area contributed by atoms with Gasteiger partial charge in [0.15, 0.2) is 0 Å². The molecule has 1 heterocycles. The lowest BCUT2D eigenvalue weighted by atomic mass is 10.2. The van der Waals surface area contributed by atoms with Crippen molar-refractivity contribution in [2.45, 2.75) is 13.8 Å². The van der Waals surface area contributed by atoms with E-state index in [0.29, 0.717) is 0 Å². The van der Waals surface area contributed by atoms with Crippen LogP contribution in [0.2, 0.25) is 0 Å². The Morgan fingerprint density at radius 3 is 2.65 bits per heavy atom. The molecule has 0 spiro atoms. The summed E-state index contributed by atoms with van der Waals surface area (Å²) < 4.78 is 0. The molecule has 0 aliphatic carbocycles. The summed E-state index contributed by atoms with van der Waals surface area (Å²) in [7, 11) is 0. The lowest BCUT2D eigenvalue weighted by molar-refractivity contribution is 0.276. The van der Waals surface area contributed by atoms with Crippen LogP contribution in [0, 0.1) is 6.92 Å². The van der Waals surface area contributed by atoms with E-state index in [1.807, 2.05) is 0 Å². The Balaban J connectivity index is 1.79. The first-order valence-corrected chi connectivity index (χ1v) is 7.60. The van der Waals surface area contributed by atoms with Gasteiger partial charge >= 0.3 is 0 Å². The zero-order valence-corrected chi connectivity index (χ0v) is 12.9. The van der Waals surface area contributed by atoms with E-state index < -0.39 is 0 Å². The maximum absolute atomic E-state index is 4.16. The van der Waals surface area contributed by atoms with Gasteiger partial charge in [-0.15, -0.1) is 0 Å². The number of likely N-dealkylation sites (N-methyl/N-ethyl adjacent to an activating group) is 1. The Labute approximate surface area is 123 Å². The third kappa shape index (κ3) is 4.36. The van der Waals surface area contributed by atoms with Crippen LogP contribution in [0.1, 0.15) is 12.5 Å². The Morgan fingerprint density at radius 1 is 1.25 bits per heavy atom. The summed E-state index contributed by atoms with van der Waals surface area (Å²) >= 11 is 0. The molecule has 1 aliphatic heterocycles. The van der Waals surface area contributed by atoms with Gasteiger partial charge in [-0.3, -0.25) is 4.90 Å². The van der Waals surface area contributed by atoms with Crippen molar-refractivity contribution in [2.24, 2.45) is 0 Å². The molecule has 1 aromatic rings. The summed E-state index contributed by atoms with van der Waals surface area (Å²) in [6, 6.07) is 8.80. The first-order valence-electron chi connectivity index (χ1n) is 7.60. The molecule has 0 unspecified atom stereocenters. The second-order valence-electron chi connectivity index (χ2n) is 5.63. The maximum Gasteiger partial charge on any atom is 0.0369 e. The standard InChI is InChI=1S/C17H27N3/c1-4-18-13-16(3)14-19-8-10-20(11-9-19)17-7-5-6-15(2)12-17/h5-7,12,18H,3-4,8-11,13-14H2,1-2H3. The molecule has 0 amide bonds. The van der Waals surface area contributed by atoms with Crippen molar-refractivity contribution in [3.05, 3.63) is 42.0 Å². The monoisotopic (exact) mass is 273 g/mol. The summed E-state index contributed by atoms with van der Waals surface area (Å²) in [6.45, 7) is 15.9. The van der Waals surface area contributed by atoms with Crippen molar-refractivity contribution in [1.82, 2.24) is 10.2 Å². The molecule has 20 heavy (non-hydrogen) atoms. The van der Waals surface area contributed by atoms with Crippen molar-refractivity contribution in [3.63, 3.8) is 0 Å². The molecule has 0 atom stereocenters. The molecular weight excluding hydrogens is 246 g/mol. The second-order valence-corrected chi connectivity index (χ2v) is 5.63. The van der Waals surface area contributed by atoms with Gasteiger partial charge in [-0.05, 0) is 36.7 Å². The summed E-state index contributed by atoms with van der Waals surface area (Å²) in [5.74, 6) is 0. The Kier molecular flexibility index (Phi) is 5.62. The molecule has 1 fully saturated rings. The van der Waals surface area contributed by atoms with Gasteiger partial charge in [-0.1, -0.05) is 25.6 Å². The van der Waals surface area contributed by atoms with Crippen LogP contribution in [0.3, 0.4) is 0 Å². The number of rotatable bonds is 6. The van der Waals surface area contributed by atoms with Gasteiger partial charge in [0.05, 0.1) is 0 Å². The average Bonchev–Trinajstić information content (AvgIpc) is 2.46. The third-order valence-electron chi connectivity index (χ3n) is 3.81. The molecule has 1 aromatic carbocycles. The SMILES string of the molecule is C=C(CNCC)CN1CCN(c2cccc(C)c2)CC1. The highest BCUT2D eigenvalue weighted by atomic mass is 15.3. The van der Waals surface area contributed by atoms with Gasteiger partial charge in [0.25, 0.3) is 0 Å². The van der Waals surface area contributed by atoms with E-state index in [-0.39, 0.29) is 0 Å². The lowest BCUT2D eigenvalue weighted by Gasteiger charge is -2.36. The first kappa shape index (κ1) is 15.1.